The van der Waals surface area contributed by atoms with Crippen molar-refractivity contribution < 1.29 is 41.0 Å². The molecule has 6 nitrogen and oxygen atoms in total. The van der Waals surface area contributed by atoms with Gasteiger partial charge < -0.3 is 9.84 Å². The monoisotopic (exact) mass is 529 g/mol. The predicted octanol–water partition coefficient (Wildman–Crippen LogP) is 5.12. The maximum Gasteiger partial charge on any atom is 0.416 e. The zero-order valence-corrected chi connectivity index (χ0v) is 19.8. The van der Waals surface area contributed by atoms with Gasteiger partial charge >= 0.3 is 18.3 Å². The second-order valence-electron chi connectivity index (χ2n) is 8.77. The molecule has 200 valence electrons. The lowest BCUT2D eigenvalue weighted by Crippen LogP contribution is -2.49. The molecular formula is C25H25F6N3O3. The summed E-state index contributed by atoms with van der Waals surface area (Å²) < 4.78 is 85.5. The number of hydrogen-bond acceptors (Lipinski definition) is 5. The Bertz CT molecular complexity index is 1090. The highest BCUT2D eigenvalue weighted by atomic mass is 19.4. The van der Waals surface area contributed by atoms with Gasteiger partial charge in [-0.3, -0.25) is 14.6 Å². The molecule has 0 bridgehead atoms. The number of carbonyl (C=O) groups is 1. The van der Waals surface area contributed by atoms with Crippen LogP contribution in [-0.4, -0.2) is 60.2 Å². The van der Waals surface area contributed by atoms with Crippen molar-refractivity contribution in [1.29, 1.82) is 5.26 Å². The second-order valence-corrected chi connectivity index (χ2v) is 8.77. The summed E-state index contributed by atoms with van der Waals surface area (Å²) in [6, 6.07) is 9.62. The smallest absolute Gasteiger partial charge is 0.416 e. The third-order valence-electron chi connectivity index (χ3n) is 6.21. The van der Waals surface area contributed by atoms with E-state index in [1.807, 2.05) is 11.0 Å². The highest BCUT2D eigenvalue weighted by Crippen LogP contribution is 2.38. The number of nitrogens with zero attached hydrogens (tertiary/aromatic N) is 3. The van der Waals surface area contributed by atoms with Crippen LogP contribution in [0.4, 0.5) is 26.3 Å². The molecule has 0 spiro atoms. The van der Waals surface area contributed by atoms with E-state index in [1.54, 1.807) is 29.2 Å². The van der Waals surface area contributed by atoms with E-state index >= 15 is 0 Å². The molecule has 0 amide bonds. The highest BCUT2D eigenvalue weighted by Gasteiger charge is 2.37. The molecule has 0 aliphatic carbocycles. The average molecular weight is 529 g/mol. The van der Waals surface area contributed by atoms with Crippen molar-refractivity contribution >= 4 is 5.97 Å². The minimum Gasteiger partial charge on any atom is -0.480 e. The van der Waals surface area contributed by atoms with E-state index in [9.17, 15) is 31.1 Å². The first-order valence-electron chi connectivity index (χ1n) is 11.4. The van der Waals surface area contributed by atoms with E-state index in [-0.39, 0.29) is 24.8 Å². The fourth-order valence-electron chi connectivity index (χ4n) is 4.16. The number of aliphatic carboxylic acids is 1. The van der Waals surface area contributed by atoms with Crippen molar-refractivity contribution in [1.82, 2.24) is 9.80 Å². The number of nitriles is 1. The fourth-order valence-corrected chi connectivity index (χ4v) is 4.16. The second kappa shape index (κ2) is 11.5. The summed E-state index contributed by atoms with van der Waals surface area (Å²) in [5, 5.41) is 18.1. The normalized spacial score (nSPS) is 17.2. The van der Waals surface area contributed by atoms with Crippen molar-refractivity contribution in [2.24, 2.45) is 0 Å². The molecule has 0 aromatic heterocycles. The van der Waals surface area contributed by atoms with Gasteiger partial charge in [0, 0.05) is 26.2 Å². The summed E-state index contributed by atoms with van der Waals surface area (Å²) in [6.45, 7) is 3.07. The molecule has 1 aliphatic rings. The number of piperazine rings is 1. The molecule has 0 saturated carbocycles. The third-order valence-corrected chi connectivity index (χ3v) is 6.21. The number of carboxylic acid groups (broad SMARTS) is 1. The molecule has 1 saturated heterocycles. The number of halogens is 6. The van der Waals surface area contributed by atoms with E-state index in [1.165, 1.54) is 6.92 Å². The molecule has 2 aromatic carbocycles. The quantitative estimate of drug-likeness (QED) is 0.479. The van der Waals surface area contributed by atoms with Crippen molar-refractivity contribution in [3.05, 3.63) is 70.3 Å². The van der Waals surface area contributed by atoms with E-state index < -0.39 is 41.6 Å². The third kappa shape index (κ3) is 7.67. The molecule has 3 rings (SSSR count). The molecule has 1 N–H and O–H groups in total. The largest absolute Gasteiger partial charge is 0.480 e. The average Bonchev–Trinajstić information content (AvgIpc) is 2.83. The van der Waals surface area contributed by atoms with Gasteiger partial charge in [0.2, 0.25) is 0 Å². The Morgan fingerprint density at radius 2 is 1.51 bits per heavy atom. The van der Waals surface area contributed by atoms with E-state index in [2.05, 4.69) is 0 Å². The van der Waals surface area contributed by atoms with Gasteiger partial charge in [0.05, 0.1) is 48.1 Å². The fraction of sp³-hybridized carbons (Fsp3) is 0.440. The van der Waals surface area contributed by atoms with Crippen molar-refractivity contribution in [3.63, 3.8) is 0 Å². The summed E-state index contributed by atoms with van der Waals surface area (Å²) in [5.41, 5.74) is -1.91. The van der Waals surface area contributed by atoms with E-state index in [0.29, 0.717) is 43.9 Å². The summed E-state index contributed by atoms with van der Waals surface area (Å²) in [4.78, 5) is 14.8. The number of hydrogen-bond donors (Lipinski definition) is 1. The Labute approximate surface area is 209 Å². The predicted molar refractivity (Wildman–Crippen MR) is 120 cm³/mol. The van der Waals surface area contributed by atoms with Crippen LogP contribution in [-0.2, 0) is 21.9 Å². The zero-order valence-electron chi connectivity index (χ0n) is 19.8. The number of carboxylic acids is 1. The van der Waals surface area contributed by atoms with Gasteiger partial charge in [-0.25, -0.2) is 0 Å². The summed E-state index contributed by atoms with van der Waals surface area (Å²) >= 11 is 0. The van der Waals surface area contributed by atoms with Crippen molar-refractivity contribution in [2.45, 2.75) is 31.4 Å². The van der Waals surface area contributed by atoms with Crippen LogP contribution in [0.25, 0.3) is 0 Å². The number of benzene rings is 2. The molecule has 1 aliphatic heterocycles. The van der Waals surface area contributed by atoms with Gasteiger partial charge in [0.25, 0.3) is 0 Å². The molecular weight excluding hydrogens is 504 g/mol. The lowest BCUT2D eigenvalue weighted by Gasteiger charge is -2.39. The van der Waals surface area contributed by atoms with E-state index in [0.717, 1.165) is 5.56 Å². The van der Waals surface area contributed by atoms with Gasteiger partial charge in [0.1, 0.15) is 0 Å². The molecule has 2 unspecified atom stereocenters. The topological polar surface area (TPSA) is 76.8 Å². The molecule has 1 fully saturated rings. The Balaban J connectivity index is 1.82. The van der Waals surface area contributed by atoms with Crippen LogP contribution in [0.3, 0.4) is 0 Å². The van der Waals surface area contributed by atoms with Gasteiger partial charge in [0.15, 0.2) is 0 Å². The molecule has 2 atom stereocenters. The van der Waals surface area contributed by atoms with Crippen LogP contribution in [0, 0.1) is 11.3 Å². The molecule has 1 heterocycles. The first kappa shape index (κ1) is 28.4. The SMILES string of the molecule is CC(OCC(c1ccc(C#N)cc1)N1CCN(CC(=O)O)CC1)c1cc(C(F)(F)F)cc(C(F)(F)F)c1. The van der Waals surface area contributed by atoms with Crippen molar-refractivity contribution in [2.75, 3.05) is 39.3 Å². The van der Waals surface area contributed by atoms with Crippen molar-refractivity contribution in [3.8, 4) is 6.07 Å². The van der Waals surface area contributed by atoms with Crippen LogP contribution in [0.2, 0.25) is 0 Å². The van der Waals surface area contributed by atoms with Gasteiger partial charge in [-0.1, -0.05) is 12.1 Å². The standard InChI is InChI=1S/C25H25F6N3O3/c1-16(19-10-20(24(26,27)28)12-21(11-19)25(29,30)31)37-15-22(18-4-2-17(13-32)3-5-18)34-8-6-33(7-9-34)14-23(35)36/h2-5,10-12,16,22H,6-9,14-15H2,1H3,(H,35,36). The van der Waals surface area contributed by atoms with Crippen LogP contribution in [0.1, 0.15) is 46.9 Å². The Kier molecular flexibility index (Phi) is 8.84. The Morgan fingerprint density at radius 3 is 1.97 bits per heavy atom. The van der Waals surface area contributed by atoms with Gasteiger partial charge in [-0.2, -0.15) is 31.6 Å². The highest BCUT2D eigenvalue weighted by molar-refractivity contribution is 5.69. The van der Waals surface area contributed by atoms with Crippen LogP contribution < -0.4 is 0 Å². The first-order chi connectivity index (χ1) is 17.3. The lowest BCUT2D eigenvalue weighted by molar-refractivity contribution is -0.143. The molecule has 2 aromatic rings. The van der Waals surface area contributed by atoms with E-state index in [4.69, 9.17) is 15.1 Å². The van der Waals surface area contributed by atoms with Gasteiger partial charge in [-0.15, -0.1) is 0 Å². The minimum absolute atomic E-state index is 0.0520. The number of rotatable bonds is 8. The Hall–Kier alpha value is -3.14. The maximum absolute atomic E-state index is 13.3. The van der Waals surface area contributed by atoms with Crippen LogP contribution in [0.15, 0.2) is 42.5 Å². The molecule has 37 heavy (non-hydrogen) atoms. The summed E-state index contributed by atoms with van der Waals surface area (Å²) in [7, 11) is 0. The van der Waals surface area contributed by atoms with Crippen LogP contribution >= 0.6 is 0 Å². The number of ether oxygens (including phenoxy) is 1. The Morgan fingerprint density at radius 1 is 0.973 bits per heavy atom. The van der Waals surface area contributed by atoms with Crippen LogP contribution in [0.5, 0.6) is 0 Å². The zero-order chi connectivity index (χ0) is 27.4. The first-order valence-corrected chi connectivity index (χ1v) is 11.4. The lowest BCUT2D eigenvalue weighted by atomic mass is 10.0. The minimum atomic E-state index is -4.96. The molecule has 12 heteroatoms. The maximum atomic E-state index is 13.3. The summed E-state index contributed by atoms with van der Waals surface area (Å²) in [5.74, 6) is -0.950. The summed E-state index contributed by atoms with van der Waals surface area (Å²) in [6.07, 6.45) is -11.0. The van der Waals surface area contributed by atoms with Gasteiger partial charge in [-0.05, 0) is 48.4 Å². The number of alkyl halides is 6. The molecule has 0 radical (unpaired) electrons.